The Morgan fingerprint density at radius 3 is 2.80 bits per heavy atom. The maximum Gasteiger partial charge on any atom is 0.0412 e. The molecule has 2 atom stereocenters. The van der Waals surface area contributed by atoms with E-state index in [2.05, 4.69) is 6.58 Å². The quantitative estimate of drug-likeness (QED) is 0.597. The van der Waals surface area contributed by atoms with Crippen molar-refractivity contribution >= 4 is 10.8 Å². The van der Waals surface area contributed by atoms with Crippen LogP contribution in [0.15, 0.2) is 12.7 Å². The molecule has 0 bridgehead atoms. The molecule has 0 saturated carbocycles. The van der Waals surface area contributed by atoms with Crippen molar-refractivity contribution in [2.45, 2.75) is 6.92 Å². The molecule has 0 spiro atoms. The van der Waals surface area contributed by atoms with E-state index < -0.39 is 10.8 Å². The molecule has 2 N–H and O–H groups in total. The van der Waals surface area contributed by atoms with Crippen molar-refractivity contribution in [2.24, 2.45) is 11.7 Å². The zero-order valence-corrected chi connectivity index (χ0v) is 7.19. The first-order valence-corrected chi connectivity index (χ1v) is 4.85. The van der Waals surface area contributed by atoms with Crippen LogP contribution in [0.1, 0.15) is 6.92 Å². The molecule has 2 nitrogen and oxygen atoms in total. The molecule has 0 aliphatic carbocycles. The lowest BCUT2D eigenvalue weighted by Crippen LogP contribution is -2.18. The minimum Gasteiger partial charge on any atom is -0.330 e. The van der Waals surface area contributed by atoms with Crippen molar-refractivity contribution in [1.29, 1.82) is 0 Å². The molecule has 0 fully saturated rings. The van der Waals surface area contributed by atoms with E-state index in [4.69, 9.17) is 5.73 Å². The third-order valence-corrected chi connectivity index (χ3v) is 2.72. The molecule has 2 unspecified atom stereocenters. The summed E-state index contributed by atoms with van der Waals surface area (Å²) in [7, 11) is -0.748. The number of hydrogen-bond acceptors (Lipinski definition) is 2. The predicted octanol–water partition coefficient (Wildman–Crippen LogP) is 0.516. The van der Waals surface area contributed by atoms with Gasteiger partial charge in [0, 0.05) is 22.3 Å². The Bertz CT molecular complexity index is 125. The van der Waals surface area contributed by atoms with Gasteiger partial charge in [-0.15, -0.1) is 6.58 Å². The van der Waals surface area contributed by atoms with Crippen molar-refractivity contribution < 1.29 is 4.21 Å². The number of nitrogens with two attached hydrogens (primary N) is 1. The molecule has 60 valence electrons. The fraction of sp³-hybridized carbons (Fsp3) is 0.714. The van der Waals surface area contributed by atoms with Crippen LogP contribution in [0.2, 0.25) is 0 Å². The van der Waals surface area contributed by atoms with Gasteiger partial charge in [-0.05, 0) is 12.5 Å². The molecule has 0 aromatic carbocycles. The summed E-state index contributed by atoms with van der Waals surface area (Å²) in [5.41, 5.74) is 5.36. The molecule has 0 heterocycles. The minimum atomic E-state index is -0.748. The summed E-state index contributed by atoms with van der Waals surface area (Å²) < 4.78 is 11.0. The fourth-order valence-electron chi connectivity index (χ4n) is 0.585. The summed E-state index contributed by atoms with van der Waals surface area (Å²) in [6.07, 6.45) is 1.68. The van der Waals surface area contributed by atoms with Crippen LogP contribution in [0.25, 0.3) is 0 Å². The van der Waals surface area contributed by atoms with Gasteiger partial charge in [0.1, 0.15) is 0 Å². The summed E-state index contributed by atoms with van der Waals surface area (Å²) >= 11 is 0. The summed E-state index contributed by atoms with van der Waals surface area (Å²) in [5, 5.41) is 0. The molecule has 0 aliphatic rings. The lowest BCUT2D eigenvalue weighted by atomic mass is 10.2. The van der Waals surface area contributed by atoms with Crippen LogP contribution in [0.5, 0.6) is 0 Å². The smallest absolute Gasteiger partial charge is 0.0412 e. The van der Waals surface area contributed by atoms with Crippen LogP contribution in [0, 0.1) is 5.92 Å². The van der Waals surface area contributed by atoms with E-state index in [1.54, 1.807) is 6.08 Å². The standard InChI is InChI=1S/C7H15NOS/c1-3-4-10(9)6-7(2)5-8/h3,7H,1,4-6,8H2,2H3. The van der Waals surface area contributed by atoms with Crippen LogP contribution >= 0.6 is 0 Å². The second kappa shape index (κ2) is 5.62. The fourth-order valence-corrected chi connectivity index (χ4v) is 1.75. The molecular formula is C7H15NOS. The summed E-state index contributed by atoms with van der Waals surface area (Å²) in [4.78, 5) is 0. The van der Waals surface area contributed by atoms with Gasteiger partial charge in [-0.2, -0.15) is 0 Å². The van der Waals surface area contributed by atoms with Crippen molar-refractivity contribution in [3.05, 3.63) is 12.7 Å². The van der Waals surface area contributed by atoms with Crippen molar-refractivity contribution in [1.82, 2.24) is 0 Å². The predicted molar refractivity (Wildman–Crippen MR) is 46.3 cm³/mol. The van der Waals surface area contributed by atoms with Crippen molar-refractivity contribution in [3.63, 3.8) is 0 Å². The lowest BCUT2D eigenvalue weighted by Gasteiger charge is -2.05. The van der Waals surface area contributed by atoms with Gasteiger partial charge >= 0.3 is 0 Å². The van der Waals surface area contributed by atoms with Gasteiger partial charge < -0.3 is 5.73 Å². The average molecular weight is 161 g/mol. The SMILES string of the molecule is C=CCS(=O)CC(C)CN. The Balaban J connectivity index is 3.46. The highest BCUT2D eigenvalue weighted by Gasteiger charge is 2.03. The maximum absolute atomic E-state index is 11.0. The average Bonchev–Trinajstić information content (AvgIpc) is 1.88. The Hall–Kier alpha value is -0.150. The summed E-state index contributed by atoms with van der Waals surface area (Å²) in [6, 6.07) is 0. The Morgan fingerprint density at radius 2 is 2.40 bits per heavy atom. The first-order valence-electron chi connectivity index (χ1n) is 3.36. The van der Waals surface area contributed by atoms with Gasteiger partial charge in [0.05, 0.1) is 0 Å². The molecule has 0 aromatic heterocycles. The Kier molecular flexibility index (Phi) is 5.54. The van der Waals surface area contributed by atoms with Gasteiger partial charge in [0.2, 0.25) is 0 Å². The zero-order chi connectivity index (χ0) is 7.98. The van der Waals surface area contributed by atoms with Crippen LogP contribution in [-0.2, 0) is 10.8 Å². The minimum absolute atomic E-state index is 0.362. The first-order chi connectivity index (χ1) is 4.70. The van der Waals surface area contributed by atoms with E-state index in [9.17, 15) is 4.21 Å². The van der Waals surface area contributed by atoms with Crippen LogP contribution in [0.3, 0.4) is 0 Å². The van der Waals surface area contributed by atoms with Crippen LogP contribution in [0.4, 0.5) is 0 Å². The van der Waals surface area contributed by atoms with Gasteiger partial charge in [0.25, 0.3) is 0 Å². The lowest BCUT2D eigenvalue weighted by molar-refractivity contribution is 0.642. The molecule has 0 radical (unpaired) electrons. The van der Waals surface area contributed by atoms with Gasteiger partial charge in [-0.25, -0.2) is 0 Å². The third kappa shape index (κ3) is 4.70. The van der Waals surface area contributed by atoms with E-state index in [-0.39, 0.29) is 0 Å². The normalized spacial score (nSPS) is 16.2. The number of rotatable bonds is 5. The highest BCUT2D eigenvalue weighted by atomic mass is 32.2. The Labute approximate surface area is 65.0 Å². The van der Waals surface area contributed by atoms with Crippen LogP contribution < -0.4 is 5.73 Å². The van der Waals surface area contributed by atoms with Crippen molar-refractivity contribution in [3.8, 4) is 0 Å². The molecule has 3 heteroatoms. The number of hydrogen-bond donors (Lipinski definition) is 1. The van der Waals surface area contributed by atoms with Gasteiger partial charge in [0.15, 0.2) is 0 Å². The first kappa shape index (κ1) is 9.85. The maximum atomic E-state index is 11.0. The topological polar surface area (TPSA) is 43.1 Å². The van der Waals surface area contributed by atoms with Gasteiger partial charge in [-0.3, -0.25) is 4.21 Å². The molecular weight excluding hydrogens is 146 g/mol. The highest BCUT2D eigenvalue weighted by molar-refractivity contribution is 7.85. The van der Waals surface area contributed by atoms with Crippen molar-refractivity contribution in [2.75, 3.05) is 18.1 Å². The summed E-state index contributed by atoms with van der Waals surface area (Å²) in [5.74, 6) is 1.65. The third-order valence-electron chi connectivity index (χ3n) is 1.18. The van der Waals surface area contributed by atoms with E-state index in [0.717, 1.165) is 0 Å². The monoisotopic (exact) mass is 161 g/mol. The molecule has 0 aromatic rings. The van der Waals surface area contributed by atoms with E-state index in [1.807, 2.05) is 6.92 Å². The molecule has 0 aliphatic heterocycles. The molecule has 10 heavy (non-hydrogen) atoms. The molecule has 0 amide bonds. The highest BCUT2D eigenvalue weighted by Crippen LogP contribution is 1.95. The van der Waals surface area contributed by atoms with E-state index in [1.165, 1.54) is 0 Å². The molecule has 0 saturated heterocycles. The largest absolute Gasteiger partial charge is 0.330 e. The molecule has 0 rings (SSSR count). The Morgan fingerprint density at radius 1 is 1.80 bits per heavy atom. The van der Waals surface area contributed by atoms with E-state index >= 15 is 0 Å². The van der Waals surface area contributed by atoms with Gasteiger partial charge in [-0.1, -0.05) is 13.0 Å². The van der Waals surface area contributed by atoms with E-state index in [0.29, 0.717) is 24.0 Å². The second-order valence-electron chi connectivity index (χ2n) is 2.40. The summed E-state index contributed by atoms with van der Waals surface area (Å²) in [6.45, 7) is 6.12. The zero-order valence-electron chi connectivity index (χ0n) is 6.38. The second-order valence-corrected chi connectivity index (χ2v) is 3.95. The van der Waals surface area contributed by atoms with Crippen LogP contribution in [-0.4, -0.2) is 22.3 Å².